The number of imidazole rings is 1. The molecule has 11 heteroatoms. The Morgan fingerprint density at radius 2 is 1.90 bits per heavy atom. The highest BCUT2D eigenvalue weighted by molar-refractivity contribution is 5.98. The van der Waals surface area contributed by atoms with Crippen molar-refractivity contribution in [2.75, 3.05) is 13.7 Å². The fraction of sp³-hybridized carbons (Fsp3) is 0.263. The van der Waals surface area contributed by atoms with Crippen molar-refractivity contribution in [3.8, 4) is 11.5 Å². The standard InChI is InChI=1S/C19H17F3N4O4/c1-4-30-25-17(27)12-7-6-11(18(28)29-3)15(23-12)16-24-13-9-10(19(20,21)22)5-8-14(13)26(16)2/h5-9H,4H2,1-3H3,(H,25,27). The SMILES string of the molecule is CCONC(=O)c1ccc(C(=O)OC)c(-c2nc3cc(C(F)(F)F)ccc3n2C)n1. The number of esters is 1. The van der Waals surface area contributed by atoms with E-state index in [2.05, 4.69) is 15.4 Å². The van der Waals surface area contributed by atoms with Gasteiger partial charge in [-0.05, 0) is 37.3 Å². The second kappa shape index (κ2) is 8.11. The largest absolute Gasteiger partial charge is 0.465 e. The molecule has 0 atom stereocenters. The number of carbonyl (C=O) groups is 2. The molecule has 0 spiro atoms. The minimum Gasteiger partial charge on any atom is -0.465 e. The Balaban J connectivity index is 2.19. The highest BCUT2D eigenvalue weighted by atomic mass is 19.4. The van der Waals surface area contributed by atoms with Crippen LogP contribution in [0.25, 0.3) is 22.6 Å². The zero-order chi connectivity index (χ0) is 22.1. The van der Waals surface area contributed by atoms with Gasteiger partial charge in [0.15, 0.2) is 5.82 Å². The van der Waals surface area contributed by atoms with Crippen molar-refractivity contribution in [1.82, 2.24) is 20.0 Å². The molecule has 0 aliphatic heterocycles. The molecule has 0 saturated carbocycles. The Morgan fingerprint density at radius 3 is 2.53 bits per heavy atom. The second-order valence-electron chi connectivity index (χ2n) is 6.14. The number of amides is 1. The molecule has 3 aromatic rings. The van der Waals surface area contributed by atoms with Gasteiger partial charge in [0, 0.05) is 7.05 Å². The van der Waals surface area contributed by atoms with E-state index in [4.69, 9.17) is 9.57 Å². The first-order valence-electron chi connectivity index (χ1n) is 8.73. The molecule has 0 bridgehead atoms. The number of aryl methyl sites for hydroxylation is 1. The van der Waals surface area contributed by atoms with Crippen LogP contribution in [0, 0.1) is 0 Å². The summed E-state index contributed by atoms with van der Waals surface area (Å²) >= 11 is 0. The van der Waals surface area contributed by atoms with E-state index in [-0.39, 0.29) is 34.9 Å². The smallest absolute Gasteiger partial charge is 0.416 e. The molecular formula is C19H17F3N4O4. The lowest BCUT2D eigenvalue weighted by Gasteiger charge is -2.10. The molecule has 0 aliphatic carbocycles. The molecule has 0 unspecified atom stereocenters. The first-order chi connectivity index (χ1) is 14.2. The Labute approximate surface area is 168 Å². The quantitative estimate of drug-likeness (QED) is 0.502. The monoisotopic (exact) mass is 422 g/mol. The molecule has 0 radical (unpaired) electrons. The number of alkyl halides is 3. The number of hydrogen-bond donors (Lipinski definition) is 1. The lowest BCUT2D eigenvalue weighted by atomic mass is 10.1. The second-order valence-corrected chi connectivity index (χ2v) is 6.14. The molecule has 1 aromatic carbocycles. The van der Waals surface area contributed by atoms with E-state index in [9.17, 15) is 22.8 Å². The van der Waals surface area contributed by atoms with E-state index in [1.165, 1.54) is 29.9 Å². The minimum atomic E-state index is -4.53. The summed E-state index contributed by atoms with van der Waals surface area (Å²) in [6.45, 7) is 1.90. The van der Waals surface area contributed by atoms with E-state index >= 15 is 0 Å². The maximum atomic E-state index is 13.0. The van der Waals surface area contributed by atoms with Crippen LogP contribution >= 0.6 is 0 Å². The van der Waals surface area contributed by atoms with Gasteiger partial charge in [0.25, 0.3) is 5.91 Å². The molecule has 2 heterocycles. The number of halogens is 3. The normalized spacial score (nSPS) is 11.5. The molecule has 0 saturated heterocycles. The van der Waals surface area contributed by atoms with Crippen LogP contribution in [-0.2, 0) is 22.8 Å². The molecule has 1 N–H and O–H groups in total. The molecule has 8 nitrogen and oxygen atoms in total. The number of pyridine rings is 1. The molecule has 30 heavy (non-hydrogen) atoms. The highest BCUT2D eigenvalue weighted by Crippen LogP contribution is 2.33. The van der Waals surface area contributed by atoms with Gasteiger partial charge in [0.2, 0.25) is 0 Å². The molecular weight excluding hydrogens is 405 g/mol. The molecule has 2 aromatic heterocycles. The number of aromatic nitrogens is 3. The number of methoxy groups -OCH3 is 1. The van der Waals surface area contributed by atoms with E-state index < -0.39 is 23.6 Å². The number of nitrogens with one attached hydrogen (secondary N) is 1. The number of ether oxygens (including phenoxy) is 1. The average Bonchev–Trinajstić information content (AvgIpc) is 3.06. The summed E-state index contributed by atoms with van der Waals surface area (Å²) in [5, 5.41) is 0. The third-order valence-electron chi connectivity index (χ3n) is 4.26. The van der Waals surface area contributed by atoms with Gasteiger partial charge in [-0.1, -0.05) is 0 Å². The van der Waals surface area contributed by atoms with Crippen molar-refractivity contribution in [1.29, 1.82) is 0 Å². The number of fused-ring (bicyclic) bond motifs is 1. The van der Waals surface area contributed by atoms with Crippen molar-refractivity contribution in [3.05, 3.63) is 47.2 Å². The zero-order valence-electron chi connectivity index (χ0n) is 16.2. The number of carbonyl (C=O) groups excluding carboxylic acids is 2. The summed E-state index contributed by atoms with van der Waals surface area (Å²) in [5.74, 6) is -1.30. The molecule has 3 rings (SSSR count). The Kier molecular flexibility index (Phi) is 5.74. The maximum absolute atomic E-state index is 13.0. The molecule has 0 fully saturated rings. The first-order valence-corrected chi connectivity index (χ1v) is 8.73. The van der Waals surface area contributed by atoms with Crippen molar-refractivity contribution in [2.24, 2.45) is 7.05 Å². The van der Waals surface area contributed by atoms with Gasteiger partial charge in [-0.25, -0.2) is 20.2 Å². The Morgan fingerprint density at radius 1 is 1.17 bits per heavy atom. The van der Waals surface area contributed by atoms with E-state index in [0.29, 0.717) is 5.52 Å². The topological polar surface area (TPSA) is 95.3 Å². The van der Waals surface area contributed by atoms with Gasteiger partial charge in [0.05, 0.1) is 35.9 Å². The van der Waals surface area contributed by atoms with Crippen molar-refractivity contribution >= 4 is 22.9 Å². The van der Waals surface area contributed by atoms with Gasteiger partial charge >= 0.3 is 12.1 Å². The van der Waals surface area contributed by atoms with Crippen LogP contribution in [0.3, 0.4) is 0 Å². The third-order valence-corrected chi connectivity index (χ3v) is 4.26. The van der Waals surface area contributed by atoms with Crippen LogP contribution < -0.4 is 5.48 Å². The number of hydroxylamine groups is 1. The van der Waals surface area contributed by atoms with Crippen LogP contribution in [0.15, 0.2) is 30.3 Å². The van der Waals surface area contributed by atoms with Gasteiger partial charge < -0.3 is 9.30 Å². The summed E-state index contributed by atoms with van der Waals surface area (Å²) in [7, 11) is 2.74. The van der Waals surface area contributed by atoms with Crippen LogP contribution in [0.4, 0.5) is 13.2 Å². The summed E-state index contributed by atoms with van der Waals surface area (Å²) in [6, 6.07) is 5.75. The number of hydrogen-bond acceptors (Lipinski definition) is 6. The third kappa shape index (κ3) is 3.96. The number of benzene rings is 1. The highest BCUT2D eigenvalue weighted by Gasteiger charge is 2.31. The summed E-state index contributed by atoms with van der Waals surface area (Å²) < 4.78 is 45.4. The maximum Gasteiger partial charge on any atom is 0.416 e. The summed E-state index contributed by atoms with van der Waals surface area (Å²) in [4.78, 5) is 37.7. The lowest BCUT2D eigenvalue weighted by Crippen LogP contribution is -2.25. The molecule has 158 valence electrons. The van der Waals surface area contributed by atoms with Crippen molar-refractivity contribution in [3.63, 3.8) is 0 Å². The van der Waals surface area contributed by atoms with Crippen LogP contribution in [0.1, 0.15) is 33.3 Å². The van der Waals surface area contributed by atoms with E-state index in [0.717, 1.165) is 12.1 Å². The van der Waals surface area contributed by atoms with Gasteiger partial charge in [0.1, 0.15) is 11.4 Å². The fourth-order valence-corrected chi connectivity index (χ4v) is 2.81. The molecule has 0 aliphatic rings. The number of nitrogens with zero attached hydrogens (tertiary/aromatic N) is 3. The summed E-state index contributed by atoms with van der Waals surface area (Å²) in [6.07, 6.45) is -4.53. The van der Waals surface area contributed by atoms with Gasteiger partial charge in [-0.2, -0.15) is 13.2 Å². The van der Waals surface area contributed by atoms with Crippen molar-refractivity contribution < 1.29 is 32.3 Å². The molecule has 1 amide bonds. The van der Waals surface area contributed by atoms with Crippen LogP contribution in [-0.4, -0.2) is 40.1 Å². The van der Waals surface area contributed by atoms with Gasteiger partial charge in [-0.3, -0.25) is 9.63 Å². The zero-order valence-corrected chi connectivity index (χ0v) is 16.2. The number of rotatable bonds is 5. The average molecular weight is 422 g/mol. The van der Waals surface area contributed by atoms with Crippen LogP contribution in [0.2, 0.25) is 0 Å². The van der Waals surface area contributed by atoms with Gasteiger partial charge in [-0.15, -0.1) is 0 Å². The van der Waals surface area contributed by atoms with E-state index in [1.54, 1.807) is 14.0 Å². The Hall–Kier alpha value is -3.47. The Bertz CT molecular complexity index is 1120. The van der Waals surface area contributed by atoms with E-state index in [1.807, 2.05) is 0 Å². The summed E-state index contributed by atoms with van der Waals surface area (Å²) in [5.41, 5.74) is 1.69. The predicted octanol–water partition coefficient (Wildman–Crippen LogP) is 3.12. The van der Waals surface area contributed by atoms with Crippen LogP contribution in [0.5, 0.6) is 0 Å². The minimum absolute atomic E-state index is 0.0000825. The first kappa shape index (κ1) is 21.2. The lowest BCUT2D eigenvalue weighted by molar-refractivity contribution is -0.137. The fourth-order valence-electron chi connectivity index (χ4n) is 2.81. The predicted molar refractivity (Wildman–Crippen MR) is 99.4 cm³/mol. The van der Waals surface area contributed by atoms with Crippen molar-refractivity contribution in [2.45, 2.75) is 13.1 Å².